The van der Waals surface area contributed by atoms with Crippen LogP contribution < -0.4 is 5.73 Å². The fourth-order valence-electron chi connectivity index (χ4n) is 1.93. The minimum atomic E-state index is 0.126. The Morgan fingerprint density at radius 2 is 2.41 bits per heavy atom. The van der Waals surface area contributed by atoms with Crippen LogP contribution in [0, 0.1) is 0 Å². The third kappa shape index (κ3) is 2.48. The molecule has 0 amide bonds. The standard InChI is InChI=1S/C12H13BrClN3/c1-2-5-17-11(7-16-12(17)15)9-6-8(14)3-4-10(9)13/h2-4,6,11H,1,5,7H2,(H2,15,16). The smallest absolute Gasteiger partial charge is 0.192 e. The molecule has 1 atom stereocenters. The van der Waals surface area contributed by atoms with Crippen LogP contribution in [0.3, 0.4) is 0 Å². The Morgan fingerprint density at radius 1 is 1.65 bits per heavy atom. The summed E-state index contributed by atoms with van der Waals surface area (Å²) in [5.74, 6) is 0.557. The molecule has 0 saturated heterocycles. The van der Waals surface area contributed by atoms with Gasteiger partial charge in [-0.1, -0.05) is 33.6 Å². The Balaban J connectivity index is 2.33. The lowest BCUT2D eigenvalue weighted by molar-refractivity contribution is 0.379. The van der Waals surface area contributed by atoms with Crippen molar-refractivity contribution in [3.8, 4) is 0 Å². The summed E-state index contributed by atoms with van der Waals surface area (Å²) in [7, 11) is 0. The predicted octanol–water partition coefficient (Wildman–Crippen LogP) is 2.96. The number of nitrogens with zero attached hydrogens (tertiary/aromatic N) is 2. The summed E-state index contributed by atoms with van der Waals surface area (Å²) in [6, 6.07) is 5.87. The minimum Gasteiger partial charge on any atom is -0.370 e. The van der Waals surface area contributed by atoms with Crippen LogP contribution in [0.1, 0.15) is 11.6 Å². The largest absolute Gasteiger partial charge is 0.370 e. The number of aliphatic imine (C=N–C) groups is 1. The quantitative estimate of drug-likeness (QED) is 0.872. The minimum absolute atomic E-state index is 0.126. The molecule has 1 aromatic rings. The first kappa shape index (κ1) is 12.5. The normalized spacial score (nSPS) is 19.3. The average Bonchev–Trinajstić information content (AvgIpc) is 2.65. The number of hydrogen-bond donors (Lipinski definition) is 1. The number of benzene rings is 1. The molecule has 0 aliphatic carbocycles. The highest BCUT2D eigenvalue weighted by Crippen LogP contribution is 2.32. The van der Waals surface area contributed by atoms with E-state index >= 15 is 0 Å². The molecule has 0 radical (unpaired) electrons. The van der Waals surface area contributed by atoms with Gasteiger partial charge in [0.05, 0.1) is 12.6 Å². The van der Waals surface area contributed by atoms with Crippen LogP contribution in [0.5, 0.6) is 0 Å². The molecule has 1 heterocycles. The van der Waals surface area contributed by atoms with E-state index in [2.05, 4.69) is 27.5 Å². The number of rotatable bonds is 3. The number of halogens is 2. The van der Waals surface area contributed by atoms with Gasteiger partial charge in [0, 0.05) is 16.0 Å². The van der Waals surface area contributed by atoms with Gasteiger partial charge >= 0.3 is 0 Å². The van der Waals surface area contributed by atoms with Gasteiger partial charge < -0.3 is 10.6 Å². The van der Waals surface area contributed by atoms with Crippen molar-refractivity contribution < 1.29 is 0 Å². The van der Waals surface area contributed by atoms with Crippen LogP contribution >= 0.6 is 27.5 Å². The van der Waals surface area contributed by atoms with E-state index in [0.29, 0.717) is 24.1 Å². The van der Waals surface area contributed by atoms with E-state index < -0.39 is 0 Å². The van der Waals surface area contributed by atoms with Gasteiger partial charge in [0.15, 0.2) is 5.96 Å². The molecule has 1 aliphatic heterocycles. The van der Waals surface area contributed by atoms with E-state index in [1.807, 2.05) is 29.2 Å². The molecular weight excluding hydrogens is 302 g/mol. The molecule has 2 N–H and O–H groups in total. The first-order valence-corrected chi connectivity index (χ1v) is 6.43. The fourth-order valence-corrected chi connectivity index (χ4v) is 2.62. The Bertz CT molecular complexity index is 473. The summed E-state index contributed by atoms with van der Waals surface area (Å²) < 4.78 is 1.02. The molecule has 2 rings (SSSR count). The molecule has 3 nitrogen and oxygen atoms in total. The number of hydrogen-bond acceptors (Lipinski definition) is 3. The molecule has 0 saturated carbocycles. The molecule has 1 aliphatic rings. The first-order chi connectivity index (χ1) is 8.13. The topological polar surface area (TPSA) is 41.6 Å². The van der Waals surface area contributed by atoms with E-state index in [0.717, 1.165) is 10.0 Å². The average molecular weight is 315 g/mol. The molecule has 90 valence electrons. The molecule has 5 heteroatoms. The third-order valence-corrected chi connectivity index (χ3v) is 3.70. The Morgan fingerprint density at radius 3 is 3.12 bits per heavy atom. The highest BCUT2D eigenvalue weighted by Gasteiger charge is 2.27. The number of guanidine groups is 1. The van der Waals surface area contributed by atoms with Gasteiger partial charge in [-0.15, -0.1) is 6.58 Å². The van der Waals surface area contributed by atoms with Gasteiger partial charge in [0.1, 0.15) is 0 Å². The zero-order valence-electron chi connectivity index (χ0n) is 9.24. The van der Waals surface area contributed by atoms with Gasteiger partial charge in [-0.05, 0) is 23.8 Å². The zero-order valence-corrected chi connectivity index (χ0v) is 11.6. The lowest BCUT2D eigenvalue weighted by Crippen LogP contribution is -2.36. The monoisotopic (exact) mass is 313 g/mol. The third-order valence-electron chi connectivity index (χ3n) is 2.74. The summed E-state index contributed by atoms with van der Waals surface area (Å²) in [6.45, 7) is 5.07. The SMILES string of the molecule is C=CCN1C(N)=NCC1c1cc(Cl)ccc1Br. The van der Waals surface area contributed by atoms with E-state index in [4.69, 9.17) is 17.3 Å². The van der Waals surface area contributed by atoms with Gasteiger partial charge in [0.2, 0.25) is 0 Å². The highest BCUT2D eigenvalue weighted by atomic mass is 79.9. The van der Waals surface area contributed by atoms with Crippen LogP contribution in [0.25, 0.3) is 0 Å². The summed E-state index contributed by atoms with van der Waals surface area (Å²) in [5, 5.41) is 0.715. The zero-order chi connectivity index (χ0) is 12.4. The summed E-state index contributed by atoms with van der Waals surface area (Å²) >= 11 is 9.56. The van der Waals surface area contributed by atoms with Gasteiger partial charge in [-0.25, -0.2) is 0 Å². The van der Waals surface area contributed by atoms with Crippen molar-refractivity contribution in [3.05, 3.63) is 45.9 Å². The van der Waals surface area contributed by atoms with E-state index in [1.165, 1.54) is 0 Å². The predicted molar refractivity (Wildman–Crippen MR) is 75.3 cm³/mol. The molecule has 1 unspecified atom stereocenters. The van der Waals surface area contributed by atoms with Crippen molar-refractivity contribution in [1.82, 2.24) is 4.90 Å². The lowest BCUT2D eigenvalue weighted by atomic mass is 10.1. The van der Waals surface area contributed by atoms with Crippen molar-refractivity contribution in [2.45, 2.75) is 6.04 Å². The Hall–Kier alpha value is -1.000. The van der Waals surface area contributed by atoms with Crippen LogP contribution in [0.2, 0.25) is 5.02 Å². The van der Waals surface area contributed by atoms with Crippen molar-refractivity contribution in [2.24, 2.45) is 10.7 Å². The molecule has 1 aromatic carbocycles. The van der Waals surface area contributed by atoms with E-state index in [1.54, 1.807) is 0 Å². The van der Waals surface area contributed by atoms with Crippen LogP contribution in [-0.2, 0) is 0 Å². The molecule has 17 heavy (non-hydrogen) atoms. The molecule has 0 fully saturated rings. The van der Waals surface area contributed by atoms with E-state index in [-0.39, 0.29) is 6.04 Å². The second kappa shape index (κ2) is 5.10. The maximum atomic E-state index is 6.03. The maximum Gasteiger partial charge on any atom is 0.192 e. The summed E-state index contributed by atoms with van der Waals surface area (Å²) in [5.41, 5.74) is 6.96. The van der Waals surface area contributed by atoms with Gasteiger partial charge in [-0.3, -0.25) is 4.99 Å². The van der Waals surface area contributed by atoms with E-state index in [9.17, 15) is 0 Å². The number of nitrogens with two attached hydrogens (primary N) is 1. The Labute approximate surface area is 114 Å². The summed E-state index contributed by atoms with van der Waals surface area (Å²) in [6.07, 6.45) is 1.82. The fraction of sp³-hybridized carbons (Fsp3) is 0.250. The second-order valence-electron chi connectivity index (χ2n) is 3.82. The maximum absolute atomic E-state index is 6.03. The van der Waals surface area contributed by atoms with Crippen LogP contribution in [-0.4, -0.2) is 23.9 Å². The molecule has 0 aromatic heterocycles. The van der Waals surface area contributed by atoms with Crippen molar-refractivity contribution >= 4 is 33.5 Å². The molecule has 0 spiro atoms. The first-order valence-electron chi connectivity index (χ1n) is 5.26. The Kier molecular flexibility index (Phi) is 3.74. The lowest BCUT2D eigenvalue weighted by Gasteiger charge is -2.26. The molecule has 0 bridgehead atoms. The highest BCUT2D eigenvalue weighted by molar-refractivity contribution is 9.10. The van der Waals surface area contributed by atoms with Crippen molar-refractivity contribution in [1.29, 1.82) is 0 Å². The van der Waals surface area contributed by atoms with Crippen molar-refractivity contribution in [3.63, 3.8) is 0 Å². The van der Waals surface area contributed by atoms with Gasteiger partial charge in [-0.2, -0.15) is 0 Å². The van der Waals surface area contributed by atoms with Crippen LogP contribution in [0.4, 0.5) is 0 Å². The van der Waals surface area contributed by atoms with Crippen LogP contribution in [0.15, 0.2) is 40.3 Å². The van der Waals surface area contributed by atoms with Gasteiger partial charge in [0.25, 0.3) is 0 Å². The van der Waals surface area contributed by atoms with Crippen molar-refractivity contribution in [2.75, 3.05) is 13.1 Å². The summed E-state index contributed by atoms with van der Waals surface area (Å²) in [4.78, 5) is 6.29. The second-order valence-corrected chi connectivity index (χ2v) is 5.11. The molecular formula is C12H13BrClN3.